The first-order chi connectivity index (χ1) is 8.67. The van der Waals surface area contributed by atoms with Gasteiger partial charge >= 0.3 is 0 Å². The number of hydrogen-bond acceptors (Lipinski definition) is 3. The molecule has 0 N–H and O–H groups in total. The van der Waals surface area contributed by atoms with Gasteiger partial charge in [0.15, 0.2) is 5.65 Å². The van der Waals surface area contributed by atoms with Gasteiger partial charge in [0, 0.05) is 30.1 Å². The highest BCUT2D eigenvalue weighted by molar-refractivity contribution is 5.80. The SMILES string of the molecule is Cc1cc(C)c2ccc(N3CC(CF)C3)nc2n1. The highest BCUT2D eigenvalue weighted by Crippen LogP contribution is 2.25. The first-order valence-corrected chi connectivity index (χ1v) is 6.23. The molecule has 94 valence electrons. The van der Waals surface area contributed by atoms with E-state index in [4.69, 9.17) is 0 Å². The molecule has 0 bridgehead atoms. The lowest BCUT2D eigenvalue weighted by molar-refractivity contribution is 0.305. The Bertz CT molecular complexity index is 591. The van der Waals surface area contributed by atoms with Gasteiger partial charge in [-0.3, -0.25) is 4.39 Å². The van der Waals surface area contributed by atoms with Crippen LogP contribution < -0.4 is 4.90 Å². The van der Waals surface area contributed by atoms with E-state index in [0.717, 1.165) is 35.6 Å². The van der Waals surface area contributed by atoms with E-state index in [1.54, 1.807) is 0 Å². The summed E-state index contributed by atoms with van der Waals surface area (Å²) in [6.07, 6.45) is 0. The van der Waals surface area contributed by atoms with Crippen LogP contribution in [-0.4, -0.2) is 29.7 Å². The lowest BCUT2D eigenvalue weighted by Crippen LogP contribution is -2.48. The van der Waals surface area contributed by atoms with Crippen molar-refractivity contribution in [2.75, 3.05) is 24.7 Å². The van der Waals surface area contributed by atoms with Gasteiger partial charge in [-0.25, -0.2) is 9.97 Å². The fourth-order valence-electron chi connectivity index (χ4n) is 2.45. The summed E-state index contributed by atoms with van der Waals surface area (Å²) in [5.41, 5.74) is 2.96. The van der Waals surface area contributed by atoms with Crippen LogP contribution in [0.5, 0.6) is 0 Å². The second-order valence-corrected chi connectivity index (χ2v) is 5.05. The van der Waals surface area contributed by atoms with Gasteiger partial charge in [-0.2, -0.15) is 0 Å². The van der Waals surface area contributed by atoms with Crippen molar-refractivity contribution in [3.8, 4) is 0 Å². The van der Waals surface area contributed by atoms with Crippen LogP contribution in [0.15, 0.2) is 18.2 Å². The predicted octanol–water partition coefficient (Wildman–Crippen LogP) is 2.65. The molecule has 3 nitrogen and oxygen atoms in total. The minimum Gasteiger partial charge on any atom is -0.356 e. The number of hydrogen-bond donors (Lipinski definition) is 0. The third kappa shape index (κ3) is 1.82. The number of alkyl halides is 1. The van der Waals surface area contributed by atoms with Crippen molar-refractivity contribution in [2.45, 2.75) is 13.8 Å². The Balaban J connectivity index is 1.96. The Morgan fingerprint density at radius 2 is 2.06 bits per heavy atom. The number of aryl methyl sites for hydroxylation is 2. The topological polar surface area (TPSA) is 29.0 Å². The summed E-state index contributed by atoms with van der Waals surface area (Å²) in [4.78, 5) is 11.1. The highest BCUT2D eigenvalue weighted by Gasteiger charge is 2.27. The maximum Gasteiger partial charge on any atom is 0.162 e. The van der Waals surface area contributed by atoms with E-state index in [-0.39, 0.29) is 12.6 Å². The minimum absolute atomic E-state index is 0.176. The first kappa shape index (κ1) is 11.4. The zero-order valence-electron chi connectivity index (χ0n) is 10.7. The fourth-order valence-corrected chi connectivity index (χ4v) is 2.45. The van der Waals surface area contributed by atoms with Gasteiger partial charge in [0.05, 0.1) is 6.67 Å². The van der Waals surface area contributed by atoms with Gasteiger partial charge < -0.3 is 4.90 Å². The van der Waals surface area contributed by atoms with E-state index in [1.807, 2.05) is 13.0 Å². The van der Waals surface area contributed by atoms with Crippen molar-refractivity contribution >= 4 is 16.9 Å². The van der Waals surface area contributed by atoms with Crippen LogP contribution in [0.25, 0.3) is 11.0 Å². The van der Waals surface area contributed by atoms with Crippen molar-refractivity contribution in [1.82, 2.24) is 9.97 Å². The van der Waals surface area contributed by atoms with Gasteiger partial charge in [-0.15, -0.1) is 0 Å². The number of pyridine rings is 2. The van der Waals surface area contributed by atoms with Crippen LogP contribution in [-0.2, 0) is 0 Å². The van der Waals surface area contributed by atoms with Crippen molar-refractivity contribution < 1.29 is 4.39 Å². The Hall–Kier alpha value is -1.71. The van der Waals surface area contributed by atoms with Crippen LogP contribution in [0, 0.1) is 19.8 Å². The molecule has 1 fully saturated rings. The average Bonchev–Trinajstić information content (AvgIpc) is 2.26. The molecule has 1 saturated heterocycles. The standard InChI is InChI=1S/C14H16FN3/c1-9-5-10(2)16-14-12(9)3-4-13(17-14)18-7-11(6-15)8-18/h3-5,11H,6-8H2,1-2H3. The van der Waals surface area contributed by atoms with Crippen LogP contribution in [0.4, 0.5) is 10.2 Å². The number of nitrogens with zero attached hydrogens (tertiary/aromatic N) is 3. The summed E-state index contributed by atoms with van der Waals surface area (Å²) in [6, 6.07) is 6.12. The molecular formula is C14H16FN3. The van der Waals surface area contributed by atoms with Crippen molar-refractivity contribution in [1.29, 1.82) is 0 Å². The van der Waals surface area contributed by atoms with Gasteiger partial charge in [0.2, 0.25) is 0 Å². The molecule has 0 aromatic carbocycles. The molecule has 2 aromatic heterocycles. The lowest BCUT2D eigenvalue weighted by Gasteiger charge is -2.38. The Morgan fingerprint density at radius 3 is 2.78 bits per heavy atom. The summed E-state index contributed by atoms with van der Waals surface area (Å²) in [5.74, 6) is 1.08. The number of fused-ring (bicyclic) bond motifs is 1. The van der Waals surface area contributed by atoms with Gasteiger partial charge in [-0.05, 0) is 37.6 Å². The molecular weight excluding hydrogens is 229 g/mol. The van der Waals surface area contributed by atoms with E-state index >= 15 is 0 Å². The molecule has 0 aliphatic carbocycles. The maximum absolute atomic E-state index is 12.4. The van der Waals surface area contributed by atoms with E-state index in [2.05, 4.69) is 33.9 Å². The van der Waals surface area contributed by atoms with E-state index in [1.165, 1.54) is 5.56 Å². The minimum atomic E-state index is -0.236. The fraction of sp³-hybridized carbons (Fsp3) is 0.429. The average molecular weight is 245 g/mol. The second-order valence-electron chi connectivity index (χ2n) is 5.05. The third-order valence-electron chi connectivity index (χ3n) is 3.49. The second kappa shape index (κ2) is 4.19. The van der Waals surface area contributed by atoms with E-state index in [0.29, 0.717) is 0 Å². The molecule has 18 heavy (non-hydrogen) atoms. The molecule has 4 heteroatoms. The molecule has 3 heterocycles. The molecule has 0 radical (unpaired) electrons. The number of rotatable bonds is 2. The largest absolute Gasteiger partial charge is 0.356 e. The number of halogens is 1. The predicted molar refractivity (Wildman–Crippen MR) is 70.7 cm³/mol. The van der Waals surface area contributed by atoms with Crippen LogP contribution >= 0.6 is 0 Å². The summed E-state index contributed by atoms with van der Waals surface area (Å²) in [7, 11) is 0. The van der Waals surface area contributed by atoms with Crippen molar-refractivity contribution in [2.24, 2.45) is 5.92 Å². The smallest absolute Gasteiger partial charge is 0.162 e. The highest BCUT2D eigenvalue weighted by atomic mass is 19.1. The molecule has 0 spiro atoms. The first-order valence-electron chi connectivity index (χ1n) is 6.23. The summed E-state index contributed by atoms with van der Waals surface area (Å²) in [5, 5.41) is 1.09. The van der Waals surface area contributed by atoms with Crippen molar-refractivity contribution in [3.05, 3.63) is 29.5 Å². The molecule has 1 aliphatic rings. The lowest BCUT2D eigenvalue weighted by atomic mass is 10.0. The molecule has 0 unspecified atom stereocenters. The molecule has 1 aliphatic heterocycles. The Kier molecular flexibility index (Phi) is 2.65. The summed E-state index contributed by atoms with van der Waals surface area (Å²) in [6.45, 7) is 5.34. The maximum atomic E-state index is 12.4. The summed E-state index contributed by atoms with van der Waals surface area (Å²) >= 11 is 0. The monoisotopic (exact) mass is 245 g/mol. The molecule has 2 aromatic rings. The van der Waals surface area contributed by atoms with Crippen LogP contribution in [0.1, 0.15) is 11.3 Å². The van der Waals surface area contributed by atoms with Crippen LogP contribution in [0.3, 0.4) is 0 Å². The number of aromatic nitrogens is 2. The molecule has 0 saturated carbocycles. The molecule has 0 amide bonds. The normalized spacial score (nSPS) is 16.1. The Labute approximate surface area is 106 Å². The molecule has 3 rings (SSSR count). The molecule has 0 atom stereocenters. The number of anilines is 1. The van der Waals surface area contributed by atoms with Crippen LogP contribution in [0.2, 0.25) is 0 Å². The van der Waals surface area contributed by atoms with Gasteiger partial charge in [0.25, 0.3) is 0 Å². The zero-order chi connectivity index (χ0) is 12.7. The third-order valence-corrected chi connectivity index (χ3v) is 3.49. The van der Waals surface area contributed by atoms with Gasteiger partial charge in [0.1, 0.15) is 5.82 Å². The summed E-state index contributed by atoms with van der Waals surface area (Å²) < 4.78 is 12.4. The Morgan fingerprint density at radius 1 is 1.28 bits per heavy atom. The van der Waals surface area contributed by atoms with Gasteiger partial charge in [-0.1, -0.05) is 0 Å². The van der Waals surface area contributed by atoms with Crippen molar-refractivity contribution in [3.63, 3.8) is 0 Å². The zero-order valence-corrected chi connectivity index (χ0v) is 10.7. The van der Waals surface area contributed by atoms with E-state index in [9.17, 15) is 4.39 Å². The van der Waals surface area contributed by atoms with E-state index < -0.39 is 0 Å². The quantitative estimate of drug-likeness (QED) is 0.814.